The molecule has 0 radical (unpaired) electrons. The number of aromatic nitrogens is 3. The normalized spacial score (nSPS) is 12.2. The second-order valence-electron chi connectivity index (χ2n) is 5.40. The smallest absolute Gasteiger partial charge is 0.261 e. The van der Waals surface area contributed by atoms with Crippen LogP contribution in [0.2, 0.25) is 0 Å². The number of hydrogen-bond acceptors (Lipinski definition) is 3. The summed E-state index contributed by atoms with van der Waals surface area (Å²) in [5.41, 5.74) is 2.19. The monoisotopic (exact) mass is 302 g/mol. The molecular formula is C16H22N4O2. The predicted octanol–water partition coefficient (Wildman–Crippen LogP) is 2.09. The molecular weight excluding hydrogens is 280 g/mol. The Morgan fingerprint density at radius 1 is 1.41 bits per heavy atom. The van der Waals surface area contributed by atoms with E-state index < -0.39 is 0 Å². The van der Waals surface area contributed by atoms with Gasteiger partial charge in [-0.1, -0.05) is 6.92 Å². The Morgan fingerprint density at radius 2 is 2.14 bits per heavy atom. The lowest BCUT2D eigenvalue weighted by molar-refractivity contribution is 0.0933. The first-order valence-electron chi connectivity index (χ1n) is 7.50. The first-order valence-corrected chi connectivity index (χ1v) is 7.50. The number of carbonyl (C=O) groups excluding carboxylic acids is 1. The molecule has 6 nitrogen and oxygen atoms in total. The molecule has 118 valence electrons. The zero-order chi connectivity index (χ0) is 16.3. The Bertz CT molecular complexity index is 730. The van der Waals surface area contributed by atoms with Crippen molar-refractivity contribution in [1.29, 1.82) is 0 Å². The molecule has 0 aliphatic carbocycles. The van der Waals surface area contributed by atoms with Crippen molar-refractivity contribution in [3.8, 4) is 0 Å². The number of aromatic amines is 1. The van der Waals surface area contributed by atoms with Gasteiger partial charge in [-0.2, -0.15) is 5.10 Å². The Balaban J connectivity index is 2.25. The van der Waals surface area contributed by atoms with Gasteiger partial charge in [-0.15, -0.1) is 0 Å². The van der Waals surface area contributed by atoms with Gasteiger partial charge in [-0.3, -0.25) is 14.3 Å². The van der Waals surface area contributed by atoms with E-state index in [1.165, 1.54) is 0 Å². The highest BCUT2D eigenvalue weighted by Gasteiger charge is 2.19. The number of amides is 1. The summed E-state index contributed by atoms with van der Waals surface area (Å²) in [5, 5.41) is 7.15. The molecule has 2 aromatic rings. The van der Waals surface area contributed by atoms with Crippen LogP contribution in [0.5, 0.6) is 0 Å². The van der Waals surface area contributed by atoms with Gasteiger partial charge in [0.1, 0.15) is 5.56 Å². The van der Waals surface area contributed by atoms with Crippen LogP contribution in [-0.4, -0.2) is 20.7 Å². The van der Waals surface area contributed by atoms with Gasteiger partial charge in [0.05, 0.1) is 12.2 Å². The van der Waals surface area contributed by atoms with E-state index in [-0.39, 0.29) is 23.1 Å². The first-order chi connectivity index (χ1) is 10.5. The molecule has 0 saturated heterocycles. The van der Waals surface area contributed by atoms with E-state index in [9.17, 15) is 9.59 Å². The van der Waals surface area contributed by atoms with Gasteiger partial charge in [-0.05, 0) is 38.8 Å². The quantitative estimate of drug-likeness (QED) is 0.887. The average Bonchev–Trinajstić information content (AvgIpc) is 2.92. The Hall–Kier alpha value is -2.37. The fourth-order valence-corrected chi connectivity index (χ4v) is 2.52. The molecule has 0 fully saturated rings. The van der Waals surface area contributed by atoms with Crippen molar-refractivity contribution in [1.82, 2.24) is 20.1 Å². The van der Waals surface area contributed by atoms with Crippen molar-refractivity contribution in [3.05, 3.63) is 51.2 Å². The lowest BCUT2D eigenvalue weighted by Gasteiger charge is -2.16. The van der Waals surface area contributed by atoms with Crippen molar-refractivity contribution in [3.63, 3.8) is 0 Å². The van der Waals surface area contributed by atoms with Gasteiger partial charge in [0.2, 0.25) is 0 Å². The molecule has 2 rings (SSSR count). The summed E-state index contributed by atoms with van der Waals surface area (Å²) in [6.07, 6.45) is 4.40. The number of aryl methyl sites for hydroxylation is 3. The SMILES string of the molecule is CC[C@@H](NC(=O)c1c(C)cc(C)[nH]c1=O)c1cnn(CC)c1. The van der Waals surface area contributed by atoms with Gasteiger partial charge >= 0.3 is 0 Å². The molecule has 2 aromatic heterocycles. The molecule has 0 aromatic carbocycles. The Labute approximate surface area is 129 Å². The van der Waals surface area contributed by atoms with Gasteiger partial charge in [-0.25, -0.2) is 0 Å². The number of nitrogens with zero attached hydrogens (tertiary/aromatic N) is 2. The second-order valence-corrected chi connectivity index (χ2v) is 5.40. The van der Waals surface area contributed by atoms with E-state index >= 15 is 0 Å². The van der Waals surface area contributed by atoms with E-state index in [2.05, 4.69) is 15.4 Å². The van der Waals surface area contributed by atoms with Gasteiger partial charge in [0.25, 0.3) is 11.5 Å². The van der Waals surface area contributed by atoms with Crippen LogP contribution in [0.1, 0.15) is 53.5 Å². The van der Waals surface area contributed by atoms with E-state index in [0.717, 1.165) is 24.2 Å². The van der Waals surface area contributed by atoms with Crippen molar-refractivity contribution in [2.75, 3.05) is 0 Å². The summed E-state index contributed by atoms with van der Waals surface area (Å²) in [7, 11) is 0. The molecule has 1 amide bonds. The predicted molar refractivity (Wildman–Crippen MR) is 84.9 cm³/mol. The van der Waals surface area contributed by atoms with Crippen LogP contribution >= 0.6 is 0 Å². The van der Waals surface area contributed by atoms with Crippen LogP contribution in [0.4, 0.5) is 0 Å². The third-order valence-corrected chi connectivity index (χ3v) is 3.69. The molecule has 0 aliphatic rings. The van der Waals surface area contributed by atoms with E-state index in [1.807, 2.05) is 24.7 Å². The van der Waals surface area contributed by atoms with Crippen molar-refractivity contribution >= 4 is 5.91 Å². The standard InChI is InChI=1S/C16H22N4O2/c1-5-13(12-8-17-20(6-2)9-12)19-16(22)14-10(3)7-11(4)18-15(14)21/h7-9,13H,5-6H2,1-4H3,(H,18,21)(H,19,22)/t13-/m1/s1. The number of carbonyl (C=O) groups is 1. The Kier molecular flexibility index (Phi) is 4.80. The summed E-state index contributed by atoms with van der Waals surface area (Å²) in [4.78, 5) is 27.2. The van der Waals surface area contributed by atoms with Crippen LogP contribution in [0.15, 0.2) is 23.3 Å². The highest BCUT2D eigenvalue weighted by molar-refractivity contribution is 5.95. The zero-order valence-electron chi connectivity index (χ0n) is 13.4. The second kappa shape index (κ2) is 6.60. The molecule has 0 bridgehead atoms. The van der Waals surface area contributed by atoms with Crippen LogP contribution in [0.25, 0.3) is 0 Å². The summed E-state index contributed by atoms with van der Waals surface area (Å²) >= 11 is 0. The summed E-state index contributed by atoms with van der Waals surface area (Å²) in [6.45, 7) is 8.34. The summed E-state index contributed by atoms with van der Waals surface area (Å²) < 4.78 is 1.81. The minimum absolute atomic E-state index is 0.159. The fourth-order valence-electron chi connectivity index (χ4n) is 2.52. The number of nitrogens with one attached hydrogen (secondary N) is 2. The van der Waals surface area contributed by atoms with Crippen LogP contribution in [0.3, 0.4) is 0 Å². The van der Waals surface area contributed by atoms with E-state index in [1.54, 1.807) is 26.1 Å². The topological polar surface area (TPSA) is 79.8 Å². The minimum atomic E-state index is -0.353. The van der Waals surface area contributed by atoms with E-state index in [0.29, 0.717) is 5.56 Å². The number of rotatable bonds is 5. The maximum Gasteiger partial charge on any atom is 0.261 e. The van der Waals surface area contributed by atoms with Gasteiger partial charge in [0, 0.05) is 24.0 Å². The molecule has 2 heterocycles. The van der Waals surface area contributed by atoms with Crippen LogP contribution in [0, 0.1) is 13.8 Å². The number of hydrogen-bond donors (Lipinski definition) is 2. The van der Waals surface area contributed by atoms with Crippen LogP contribution < -0.4 is 10.9 Å². The highest BCUT2D eigenvalue weighted by atomic mass is 16.2. The van der Waals surface area contributed by atoms with Crippen molar-refractivity contribution in [2.45, 2.75) is 46.7 Å². The molecule has 0 spiro atoms. The minimum Gasteiger partial charge on any atom is -0.345 e. The number of H-pyrrole nitrogens is 1. The van der Waals surface area contributed by atoms with Gasteiger partial charge < -0.3 is 10.3 Å². The highest BCUT2D eigenvalue weighted by Crippen LogP contribution is 2.16. The molecule has 6 heteroatoms. The van der Waals surface area contributed by atoms with Crippen molar-refractivity contribution in [2.24, 2.45) is 0 Å². The summed E-state index contributed by atoms with van der Waals surface area (Å²) in [6, 6.07) is 1.64. The summed E-state index contributed by atoms with van der Waals surface area (Å²) in [5.74, 6) is -0.352. The number of pyridine rings is 1. The average molecular weight is 302 g/mol. The lowest BCUT2D eigenvalue weighted by atomic mass is 10.1. The van der Waals surface area contributed by atoms with E-state index in [4.69, 9.17) is 0 Å². The first kappa shape index (κ1) is 16.0. The fraction of sp³-hybridized carbons (Fsp3) is 0.438. The van der Waals surface area contributed by atoms with Gasteiger partial charge in [0.15, 0.2) is 0 Å². The molecule has 0 aliphatic heterocycles. The largest absolute Gasteiger partial charge is 0.345 e. The van der Waals surface area contributed by atoms with Crippen molar-refractivity contribution < 1.29 is 4.79 Å². The maximum absolute atomic E-state index is 12.5. The molecule has 1 atom stereocenters. The molecule has 0 unspecified atom stereocenters. The third kappa shape index (κ3) is 3.27. The molecule has 2 N–H and O–H groups in total. The Morgan fingerprint density at radius 3 is 2.68 bits per heavy atom. The van der Waals surface area contributed by atoms with Crippen LogP contribution in [-0.2, 0) is 6.54 Å². The third-order valence-electron chi connectivity index (χ3n) is 3.69. The lowest BCUT2D eigenvalue weighted by Crippen LogP contribution is -2.33. The zero-order valence-corrected chi connectivity index (χ0v) is 13.4. The molecule has 22 heavy (non-hydrogen) atoms. The molecule has 0 saturated carbocycles. The maximum atomic E-state index is 12.5.